The van der Waals surface area contributed by atoms with Gasteiger partial charge in [-0.1, -0.05) is 12.1 Å². The van der Waals surface area contributed by atoms with Gasteiger partial charge in [-0.3, -0.25) is 15.0 Å². The molecule has 0 amide bonds. The van der Waals surface area contributed by atoms with Crippen LogP contribution in [-0.2, 0) is 6.54 Å². The van der Waals surface area contributed by atoms with Crippen LogP contribution >= 0.6 is 0 Å². The molecule has 0 fully saturated rings. The van der Waals surface area contributed by atoms with Gasteiger partial charge >= 0.3 is 0 Å². The summed E-state index contributed by atoms with van der Waals surface area (Å²) < 4.78 is 0. The third-order valence-electron chi connectivity index (χ3n) is 2.11. The van der Waals surface area contributed by atoms with Crippen LogP contribution in [0.25, 0.3) is 0 Å². The quantitative estimate of drug-likeness (QED) is 0.731. The molecule has 0 saturated heterocycles. The predicted molar refractivity (Wildman–Crippen MR) is 64.5 cm³/mol. The fourth-order valence-electron chi connectivity index (χ4n) is 1.36. The Bertz CT molecular complexity index is 478. The first-order chi connectivity index (χ1) is 7.84. The van der Waals surface area contributed by atoms with Crippen LogP contribution in [0.5, 0.6) is 0 Å². The van der Waals surface area contributed by atoms with E-state index in [1.54, 1.807) is 12.4 Å². The molecule has 3 nitrogen and oxygen atoms in total. The Hall–Kier alpha value is -2.03. The number of hydrogen-bond donors (Lipinski definition) is 0. The van der Waals surface area contributed by atoms with Gasteiger partial charge in [0, 0.05) is 18.1 Å². The van der Waals surface area contributed by atoms with E-state index in [1.807, 2.05) is 43.3 Å². The van der Waals surface area contributed by atoms with Gasteiger partial charge in [-0.25, -0.2) is 0 Å². The summed E-state index contributed by atoms with van der Waals surface area (Å²) >= 11 is 0. The lowest BCUT2D eigenvalue weighted by Crippen LogP contribution is -1.91. The van der Waals surface area contributed by atoms with Crippen molar-refractivity contribution < 1.29 is 0 Å². The number of aromatic nitrogens is 2. The second-order valence-electron chi connectivity index (χ2n) is 3.49. The third kappa shape index (κ3) is 2.98. The van der Waals surface area contributed by atoms with E-state index in [2.05, 4.69) is 15.0 Å². The van der Waals surface area contributed by atoms with Crippen molar-refractivity contribution in [2.45, 2.75) is 13.5 Å². The Morgan fingerprint density at radius 1 is 1.19 bits per heavy atom. The van der Waals surface area contributed by atoms with E-state index in [0.29, 0.717) is 6.54 Å². The van der Waals surface area contributed by atoms with Gasteiger partial charge in [-0.15, -0.1) is 0 Å². The standard InChI is InChI=1S/C13H13N3/c1-11-5-4-7-13(16-11)10-14-9-12-6-2-3-8-15-12/h2-8,10H,9H2,1H3/b14-10+. The summed E-state index contributed by atoms with van der Waals surface area (Å²) in [5, 5.41) is 0. The van der Waals surface area contributed by atoms with E-state index in [0.717, 1.165) is 17.1 Å². The van der Waals surface area contributed by atoms with Crippen LogP contribution < -0.4 is 0 Å². The van der Waals surface area contributed by atoms with Gasteiger partial charge in [0.25, 0.3) is 0 Å². The second kappa shape index (κ2) is 5.16. The lowest BCUT2D eigenvalue weighted by molar-refractivity contribution is 0.993. The molecule has 2 aromatic rings. The Labute approximate surface area is 94.9 Å². The molecular weight excluding hydrogens is 198 g/mol. The maximum Gasteiger partial charge on any atom is 0.0812 e. The summed E-state index contributed by atoms with van der Waals surface area (Å²) in [6.45, 7) is 2.56. The predicted octanol–water partition coefficient (Wildman–Crippen LogP) is 2.40. The van der Waals surface area contributed by atoms with Crippen molar-refractivity contribution in [1.29, 1.82) is 0 Å². The monoisotopic (exact) mass is 211 g/mol. The molecule has 0 atom stereocenters. The summed E-state index contributed by atoms with van der Waals surface area (Å²) in [6, 6.07) is 11.7. The SMILES string of the molecule is Cc1cccc(/C=N/Cc2ccccn2)n1. The second-order valence-corrected chi connectivity index (χ2v) is 3.49. The largest absolute Gasteiger partial charge is 0.285 e. The van der Waals surface area contributed by atoms with Crippen molar-refractivity contribution >= 4 is 6.21 Å². The molecule has 0 bridgehead atoms. The van der Waals surface area contributed by atoms with Gasteiger partial charge in [0.1, 0.15) is 0 Å². The molecule has 0 unspecified atom stereocenters. The highest BCUT2D eigenvalue weighted by molar-refractivity contribution is 5.76. The summed E-state index contributed by atoms with van der Waals surface area (Å²) in [5.74, 6) is 0. The molecule has 2 aromatic heterocycles. The molecule has 0 aliphatic carbocycles. The van der Waals surface area contributed by atoms with E-state index in [-0.39, 0.29) is 0 Å². The van der Waals surface area contributed by atoms with Crippen LogP contribution in [0.3, 0.4) is 0 Å². The zero-order chi connectivity index (χ0) is 11.2. The van der Waals surface area contributed by atoms with Gasteiger partial charge in [-0.2, -0.15) is 0 Å². The van der Waals surface area contributed by atoms with Crippen LogP contribution in [0.15, 0.2) is 47.6 Å². The average molecular weight is 211 g/mol. The molecule has 0 radical (unpaired) electrons. The Morgan fingerprint density at radius 2 is 2.12 bits per heavy atom. The molecule has 0 N–H and O–H groups in total. The normalized spacial score (nSPS) is 10.8. The molecule has 0 aromatic carbocycles. The van der Waals surface area contributed by atoms with E-state index in [1.165, 1.54) is 0 Å². The molecule has 2 heterocycles. The topological polar surface area (TPSA) is 38.1 Å². The summed E-state index contributed by atoms with van der Waals surface area (Å²) in [5.41, 5.74) is 2.85. The number of rotatable bonds is 3. The minimum absolute atomic E-state index is 0.594. The van der Waals surface area contributed by atoms with E-state index in [9.17, 15) is 0 Å². The summed E-state index contributed by atoms with van der Waals surface area (Å²) in [4.78, 5) is 12.8. The molecule has 80 valence electrons. The van der Waals surface area contributed by atoms with Crippen molar-refractivity contribution in [1.82, 2.24) is 9.97 Å². The first kappa shape index (κ1) is 10.5. The number of aryl methyl sites for hydroxylation is 1. The fraction of sp³-hybridized carbons (Fsp3) is 0.154. The minimum Gasteiger partial charge on any atom is -0.285 e. The first-order valence-electron chi connectivity index (χ1n) is 5.18. The number of pyridine rings is 2. The third-order valence-corrected chi connectivity index (χ3v) is 2.11. The van der Waals surface area contributed by atoms with Gasteiger partial charge < -0.3 is 0 Å². The van der Waals surface area contributed by atoms with Crippen molar-refractivity contribution in [2.75, 3.05) is 0 Å². The highest BCUT2D eigenvalue weighted by Crippen LogP contribution is 1.98. The summed E-state index contributed by atoms with van der Waals surface area (Å²) in [6.07, 6.45) is 3.55. The van der Waals surface area contributed by atoms with Gasteiger partial charge in [-0.05, 0) is 31.2 Å². The van der Waals surface area contributed by atoms with Crippen LogP contribution in [0, 0.1) is 6.92 Å². The number of hydrogen-bond acceptors (Lipinski definition) is 3. The van der Waals surface area contributed by atoms with Crippen LogP contribution in [0.4, 0.5) is 0 Å². The molecule has 2 rings (SSSR count). The summed E-state index contributed by atoms with van der Waals surface area (Å²) in [7, 11) is 0. The van der Waals surface area contributed by atoms with Crippen LogP contribution in [0.1, 0.15) is 17.1 Å². The van der Waals surface area contributed by atoms with E-state index in [4.69, 9.17) is 0 Å². The maximum absolute atomic E-state index is 4.33. The van der Waals surface area contributed by atoms with Crippen molar-refractivity contribution in [2.24, 2.45) is 4.99 Å². The van der Waals surface area contributed by atoms with E-state index < -0.39 is 0 Å². The Balaban J connectivity index is 2.00. The molecule has 3 heteroatoms. The molecule has 0 saturated carbocycles. The van der Waals surface area contributed by atoms with Crippen LogP contribution in [0.2, 0.25) is 0 Å². The zero-order valence-corrected chi connectivity index (χ0v) is 9.17. The van der Waals surface area contributed by atoms with Gasteiger partial charge in [0.2, 0.25) is 0 Å². The highest BCUT2D eigenvalue weighted by atomic mass is 14.8. The van der Waals surface area contributed by atoms with Crippen molar-refractivity contribution in [3.8, 4) is 0 Å². The lowest BCUT2D eigenvalue weighted by Gasteiger charge is -1.95. The minimum atomic E-state index is 0.594. The Morgan fingerprint density at radius 3 is 2.88 bits per heavy atom. The first-order valence-corrected chi connectivity index (χ1v) is 5.18. The van der Waals surface area contributed by atoms with Gasteiger partial charge in [0.05, 0.1) is 17.9 Å². The fourth-order valence-corrected chi connectivity index (χ4v) is 1.36. The Kier molecular flexibility index (Phi) is 3.38. The molecular formula is C13H13N3. The van der Waals surface area contributed by atoms with Crippen LogP contribution in [-0.4, -0.2) is 16.2 Å². The van der Waals surface area contributed by atoms with Crippen molar-refractivity contribution in [3.63, 3.8) is 0 Å². The molecule has 16 heavy (non-hydrogen) atoms. The lowest BCUT2D eigenvalue weighted by atomic mass is 10.3. The van der Waals surface area contributed by atoms with Crippen molar-refractivity contribution in [3.05, 3.63) is 59.7 Å². The molecule has 0 spiro atoms. The smallest absolute Gasteiger partial charge is 0.0812 e. The number of aliphatic imine (C=N–C) groups is 1. The average Bonchev–Trinajstić information content (AvgIpc) is 2.30. The van der Waals surface area contributed by atoms with Gasteiger partial charge in [0.15, 0.2) is 0 Å². The van der Waals surface area contributed by atoms with E-state index >= 15 is 0 Å². The highest BCUT2D eigenvalue weighted by Gasteiger charge is 1.91. The molecule has 0 aliphatic rings. The maximum atomic E-state index is 4.33. The zero-order valence-electron chi connectivity index (χ0n) is 9.17. The number of nitrogens with zero attached hydrogens (tertiary/aromatic N) is 3. The molecule has 0 aliphatic heterocycles.